The first-order valence-electron chi connectivity index (χ1n) is 4.13. The lowest BCUT2D eigenvalue weighted by molar-refractivity contribution is 0.601. The maximum absolute atomic E-state index is 13.0. The van der Waals surface area contributed by atoms with Gasteiger partial charge in [0.05, 0.1) is 4.90 Å². The monoisotopic (exact) mass is 183 g/mol. The van der Waals surface area contributed by atoms with Gasteiger partial charge in [-0.1, -0.05) is 25.5 Å². The highest BCUT2D eigenvalue weighted by molar-refractivity contribution is 7.99. The van der Waals surface area contributed by atoms with Gasteiger partial charge in [-0.25, -0.2) is 4.39 Å². The zero-order valence-electron chi connectivity index (χ0n) is 7.14. The van der Waals surface area contributed by atoms with Crippen LogP contribution in [-0.2, 0) is 0 Å². The Morgan fingerprint density at radius 3 is 3.08 bits per heavy atom. The Balaban J connectivity index is 2.46. The van der Waals surface area contributed by atoms with Crippen LogP contribution in [0.3, 0.4) is 0 Å². The quantitative estimate of drug-likeness (QED) is 0.508. The van der Waals surface area contributed by atoms with Gasteiger partial charge in [0.2, 0.25) is 0 Å². The number of benzene rings is 1. The van der Waals surface area contributed by atoms with Crippen molar-refractivity contribution in [1.29, 1.82) is 0 Å². The van der Waals surface area contributed by atoms with Crippen LogP contribution in [0, 0.1) is 11.9 Å². The third-order valence-corrected chi connectivity index (χ3v) is 2.61. The molecule has 1 radical (unpaired) electrons. The van der Waals surface area contributed by atoms with Gasteiger partial charge in [-0.2, -0.15) is 0 Å². The normalized spacial score (nSPS) is 10.2. The van der Waals surface area contributed by atoms with E-state index < -0.39 is 0 Å². The SMILES string of the molecule is CCCCSc1[c]cccc1F. The second-order valence-corrected chi connectivity index (χ2v) is 3.65. The van der Waals surface area contributed by atoms with Crippen molar-refractivity contribution in [2.75, 3.05) is 5.75 Å². The lowest BCUT2D eigenvalue weighted by Crippen LogP contribution is -1.82. The average Bonchev–Trinajstić information content (AvgIpc) is 2.09. The maximum Gasteiger partial charge on any atom is 0.137 e. The lowest BCUT2D eigenvalue weighted by Gasteiger charge is -2.00. The van der Waals surface area contributed by atoms with Gasteiger partial charge in [-0.05, 0) is 24.3 Å². The van der Waals surface area contributed by atoms with Gasteiger partial charge in [-0.3, -0.25) is 0 Å². The predicted molar refractivity (Wildman–Crippen MR) is 50.9 cm³/mol. The van der Waals surface area contributed by atoms with E-state index in [0.29, 0.717) is 4.90 Å². The Bertz CT molecular complexity index is 235. The minimum atomic E-state index is -0.154. The molecule has 1 aromatic rings. The molecular weight excluding hydrogens is 171 g/mol. The summed E-state index contributed by atoms with van der Waals surface area (Å²) in [7, 11) is 0. The molecule has 2 heteroatoms. The van der Waals surface area contributed by atoms with E-state index in [2.05, 4.69) is 13.0 Å². The molecule has 0 saturated heterocycles. The minimum Gasteiger partial charge on any atom is -0.206 e. The summed E-state index contributed by atoms with van der Waals surface area (Å²) in [5, 5.41) is 0. The summed E-state index contributed by atoms with van der Waals surface area (Å²) < 4.78 is 13.0. The van der Waals surface area contributed by atoms with Crippen molar-refractivity contribution in [3.05, 3.63) is 30.1 Å². The molecule has 65 valence electrons. The second kappa shape index (κ2) is 5.20. The van der Waals surface area contributed by atoms with Crippen molar-refractivity contribution in [1.82, 2.24) is 0 Å². The van der Waals surface area contributed by atoms with Crippen molar-refractivity contribution in [3.8, 4) is 0 Å². The van der Waals surface area contributed by atoms with Crippen LogP contribution in [0.5, 0.6) is 0 Å². The van der Waals surface area contributed by atoms with E-state index in [1.165, 1.54) is 6.07 Å². The van der Waals surface area contributed by atoms with Gasteiger partial charge in [-0.15, -0.1) is 11.8 Å². The summed E-state index contributed by atoms with van der Waals surface area (Å²) in [6, 6.07) is 7.77. The standard InChI is InChI=1S/C10H12FS/c1-2-3-8-12-10-7-5-4-6-9(10)11/h4-6H,2-3,8H2,1H3. The topological polar surface area (TPSA) is 0 Å². The lowest BCUT2D eigenvalue weighted by atomic mass is 10.3. The molecule has 0 heterocycles. The zero-order chi connectivity index (χ0) is 8.81. The fourth-order valence-corrected chi connectivity index (χ4v) is 1.82. The van der Waals surface area contributed by atoms with E-state index in [9.17, 15) is 4.39 Å². The molecular formula is C10H12FS. The summed E-state index contributed by atoms with van der Waals surface area (Å²) in [6.45, 7) is 2.13. The van der Waals surface area contributed by atoms with Gasteiger partial charge >= 0.3 is 0 Å². The summed E-state index contributed by atoms with van der Waals surface area (Å²) >= 11 is 1.54. The van der Waals surface area contributed by atoms with Crippen molar-refractivity contribution >= 4 is 11.8 Å². The van der Waals surface area contributed by atoms with Gasteiger partial charge in [0, 0.05) is 0 Å². The number of rotatable bonds is 4. The van der Waals surface area contributed by atoms with E-state index in [1.54, 1.807) is 23.9 Å². The third kappa shape index (κ3) is 2.86. The Morgan fingerprint density at radius 1 is 1.58 bits per heavy atom. The van der Waals surface area contributed by atoms with Crippen LogP contribution >= 0.6 is 11.8 Å². The molecule has 0 bridgehead atoms. The molecule has 0 N–H and O–H groups in total. The minimum absolute atomic E-state index is 0.154. The molecule has 0 spiro atoms. The number of thioether (sulfide) groups is 1. The van der Waals surface area contributed by atoms with Crippen LogP contribution in [0.2, 0.25) is 0 Å². The van der Waals surface area contributed by atoms with E-state index in [-0.39, 0.29) is 5.82 Å². The van der Waals surface area contributed by atoms with Crippen molar-refractivity contribution in [2.45, 2.75) is 24.7 Å². The molecule has 0 aromatic heterocycles. The number of unbranched alkanes of at least 4 members (excludes halogenated alkanes) is 1. The molecule has 1 rings (SSSR count). The third-order valence-electron chi connectivity index (χ3n) is 1.51. The fraction of sp³-hybridized carbons (Fsp3) is 0.400. The molecule has 0 saturated carbocycles. The van der Waals surface area contributed by atoms with Crippen LogP contribution < -0.4 is 0 Å². The molecule has 0 unspecified atom stereocenters. The molecule has 0 atom stereocenters. The summed E-state index contributed by atoms with van der Waals surface area (Å²) in [5.41, 5.74) is 0. The summed E-state index contributed by atoms with van der Waals surface area (Å²) in [6.07, 6.45) is 2.29. The number of halogens is 1. The highest BCUT2D eigenvalue weighted by Crippen LogP contribution is 2.21. The number of hydrogen-bond donors (Lipinski definition) is 0. The molecule has 0 aliphatic rings. The largest absolute Gasteiger partial charge is 0.206 e. The van der Waals surface area contributed by atoms with Crippen molar-refractivity contribution < 1.29 is 4.39 Å². The van der Waals surface area contributed by atoms with Crippen LogP contribution in [-0.4, -0.2) is 5.75 Å². The maximum atomic E-state index is 13.0. The molecule has 0 nitrogen and oxygen atoms in total. The van der Waals surface area contributed by atoms with E-state index in [0.717, 1.165) is 18.6 Å². The van der Waals surface area contributed by atoms with Gasteiger partial charge < -0.3 is 0 Å². The number of hydrogen-bond acceptors (Lipinski definition) is 1. The average molecular weight is 183 g/mol. The smallest absolute Gasteiger partial charge is 0.137 e. The van der Waals surface area contributed by atoms with E-state index in [4.69, 9.17) is 0 Å². The molecule has 12 heavy (non-hydrogen) atoms. The first-order valence-corrected chi connectivity index (χ1v) is 5.12. The van der Waals surface area contributed by atoms with Gasteiger partial charge in [0.1, 0.15) is 5.82 Å². The summed E-state index contributed by atoms with van der Waals surface area (Å²) in [5.74, 6) is 0.826. The Kier molecular flexibility index (Phi) is 4.15. The van der Waals surface area contributed by atoms with E-state index >= 15 is 0 Å². The van der Waals surface area contributed by atoms with Crippen LogP contribution in [0.25, 0.3) is 0 Å². The molecule has 0 aliphatic heterocycles. The first-order chi connectivity index (χ1) is 5.84. The molecule has 0 aliphatic carbocycles. The molecule has 1 aromatic carbocycles. The van der Waals surface area contributed by atoms with Crippen molar-refractivity contribution in [2.24, 2.45) is 0 Å². The second-order valence-electron chi connectivity index (χ2n) is 2.55. The van der Waals surface area contributed by atoms with Crippen molar-refractivity contribution in [3.63, 3.8) is 0 Å². The molecule has 0 amide bonds. The van der Waals surface area contributed by atoms with Crippen LogP contribution in [0.1, 0.15) is 19.8 Å². The Morgan fingerprint density at radius 2 is 2.42 bits per heavy atom. The van der Waals surface area contributed by atoms with Gasteiger partial charge in [0.15, 0.2) is 0 Å². The zero-order valence-corrected chi connectivity index (χ0v) is 7.96. The Labute approximate surface area is 77.2 Å². The van der Waals surface area contributed by atoms with Crippen LogP contribution in [0.15, 0.2) is 23.1 Å². The molecule has 0 fully saturated rings. The van der Waals surface area contributed by atoms with E-state index in [1.807, 2.05) is 0 Å². The summed E-state index contributed by atoms with van der Waals surface area (Å²) in [4.78, 5) is 0.644. The fourth-order valence-electron chi connectivity index (χ4n) is 0.830. The predicted octanol–water partition coefficient (Wildman–Crippen LogP) is 3.52. The first kappa shape index (κ1) is 9.59. The highest BCUT2D eigenvalue weighted by atomic mass is 32.2. The Hall–Kier alpha value is -0.500. The highest BCUT2D eigenvalue weighted by Gasteiger charge is 1.99. The van der Waals surface area contributed by atoms with Gasteiger partial charge in [0.25, 0.3) is 0 Å². The van der Waals surface area contributed by atoms with Crippen LogP contribution in [0.4, 0.5) is 4.39 Å².